The average Bonchev–Trinajstić information content (AvgIpc) is 2.58. The highest BCUT2D eigenvalue weighted by Gasteiger charge is 2.37. The first kappa shape index (κ1) is 21.8. The first-order chi connectivity index (χ1) is 12.9. The zero-order chi connectivity index (χ0) is 21.1. The van der Waals surface area contributed by atoms with E-state index in [4.69, 9.17) is 9.47 Å². The Morgan fingerprint density at radius 3 is 2.43 bits per heavy atom. The van der Waals surface area contributed by atoms with Crippen LogP contribution in [0.25, 0.3) is 0 Å². The van der Waals surface area contributed by atoms with Crippen molar-refractivity contribution in [3.63, 3.8) is 0 Å². The van der Waals surface area contributed by atoms with Gasteiger partial charge in [0.2, 0.25) is 0 Å². The minimum Gasteiger partial charge on any atom is -0.491 e. The highest BCUT2D eigenvalue weighted by molar-refractivity contribution is 5.64. The van der Waals surface area contributed by atoms with Gasteiger partial charge in [-0.05, 0) is 46.2 Å². The third kappa shape index (κ3) is 5.74. The number of halogens is 3. The van der Waals surface area contributed by atoms with Gasteiger partial charge in [0.15, 0.2) is 5.82 Å². The third-order valence-corrected chi connectivity index (χ3v) is 3.88. The Morgan fingerprint density at radius 1 is 1.18 bits per heavy atom. The molecule has 2 rings (SSSR count). The Hall–Kier alpha value is -2.51. The molecule has 8 heteroatoms. The molecular weight excluding hydrogens is 371 g/mol. The molecule has 154 valence electrons. The van der Waals surface area contributed by atoms with Crippen LogP contribution in [0.5, 0.6) is 11.8 Å². The van der Waals surface area contributed by atoms with Gasteiger partial charge in [-0.15, -0.1) is 0 Å². The molecule has 0 radical (unpaired) electrons. The van der Waals surface area contributed by atoms with Crippen LogP contribution in [0.1, 0.15) is 46.6 Å². The van der Waals surface area contributed by atoms with E-state index in [9.17, 15) is 13.2 Å². The summed E-state index contributed by atoms with van der Waals surface area (Å²) >= 11 is 0. The largest absolute Gasteiger partial charge is 0.491 e. The van der Waals surface area contributed by atoms with Crippen LogP contribution < -0.4 is 14.4 Å². The molecule has 2 aromatic rings. The lowest BCUT2D eigenvalue weighted by molar-refractivity contribution is -0.137. The number of anilines is 2. The number of hydrogen-bond donors (Lipinski definition) is 0. The molecule has 0 saturated carbocycles. The summed E-state index contributed by atoms with van der Waals surface area (Å²) in [4.78, 5) is 9.12. The van der Waals surface area contributed by atoms with Crippen LogP contribution in [-0.4, -0.2) is 28.7 Å². The molecule has 0 spiro atoms. The van der Waals surface area contributed by atoms with Gasteiger partial charge in [-0.3, -0.25) is 0 Å². The van der Waals surface area contributed by atoms with Crippen LogP contribution in [0.2, 0.25) is 0 Å². The fourth-order valence-electron chi connectivity index (χ4n) is 2.34. The van der Waals surface area contributed by atoms with Gasteiger partial charge in [-0.2, -0.15) is 18.2 Å². The van der Waals surface area contributed by atoms with E-state index in [0.29, 0.717) is 11.4 Å². The predicted molar refractivity (Wildman–Crippen MR) is 102 cm³/mol. The molecular formula is C20H26F3N3O2. The number of alkyl halides is 3. The van der Waals surface area contributed by atoms with Crippen molar-refractivity contribution in [3.05, 3.63) is 36.0 Å². The second kappa shape index (κ2) is 8.24. The molecule has 1 atom stereocenters. The van der Waals surface area contributed by atoms with Crippen molar-refractivity contribution in [1.29, 1.82) is 0 Å². The van der Waals surface area contributed by atoms with Gasteiger partial charge < -0.3 is 14.4 Å². The lowest BCUT2D eigenvalue weighted by Gasteiger charge is -2.25. The smallest absolute Gasteiger partial charge is 0.421 e. The van der Waals surface area contributed by atoms with Gasteiger partial charge in [-0.25, -0.2) is 4.98 Å². The van der Waals surface area contributed by atoms with Crippen molar-refractivity contribution < 1.29 is 22.6 Å². The Labute approximate surface area is 163 Å². The minimum atomic E-state index is -4.60. The standard InChI is InChI=1S/C20H26F3N3O2/c1-7-13(2)27-15-10-8-9-14(11-15)26(6)17-16(20(21,22)23)12-24-18(25-17)28-19(3,4)5/h8-13H,7H2,1-6H3. The molecule has 1 aromatic heterocycles. The Balaban J connectivity index is 2.46. The SMILES string of the molecule is CCC(C)Oc1cccc(N(C)c2nc(OC(C)(C)C)ncc2C(F)(F)F)c1. The van der Waals surface area contributed by atoms with Crippen LogP contribution in [0.15, 0.2) is 30.5 Å². The van der Waals surface area contributed by atoms with Gasteiger partial charge in [0.25, 0.3) is 0 Å². The van der Waals surface area contributed by atoms with E-state index in [1.165, 1.54) is 11.9 Å². The molecule has 0 fully saturated rings. The topological polar surface area (TPSA) is 47.5 Å². The molecule has 1 heterocycles. The molecule has 0 saturated heterocycles. The number of rotatable bonds is 6. The number of hydrogen-bond acceptors (Lipinski definition) is 5. The minimum absolute atomic E-state index is 0.00266. The zero-order valence-electron chi connectivity index (χ0n) is 17.0. The fourth-order valence-corrected chi connectivity index (χ4v) is 2.34. The van der Waals surface area contributed by atoms with Crippen LogP contribution in [0.4, 0.5) is 24.7 Å². The monoisotopic (exact) mass is 397 g/mol. The Bertz CT molecular complexity index is 804. The van der Waals surface area contributed by atoms with Crippen LogP contribution in [0, 0.1) is 0 Å². The molecule has 0 bridgehead atoms. The first-order valence-electron chi connectivity index (χ1n) is 9.04. The summed E-state index contributed by atoms with van der Waals surface area (Å²) in [7, 11) is 1.51. The van der Waals surface area contributed by atoms with Crippen molar-refractivity contribution in [2.45, 2.75) is 58.9 Å². The normalized spacial score (nSPS) is 13.2. The van der Waals surface area contributed by atoms with Crippen molar-refractivity contribution in [2.75, 3.05) is 11.9 Å². The van der Waals surface area contributed by atoms with Crippen molar-refractivity contribution in [1.82, 2.24) is 9.97 Å². The van der Waals surface area contributed by atoms with Crippen molar-refractivity contribution in [2.24, 2.45) is 0 Å². The van der Waals surface area contributed by atoms with Crippen molar-refractivity contribution in [3.8, 4) is 11.8 Å². The molecule has 0 aliphatic rings. The van der Waals surface area contributed by atoms with Crippen molar-refractivity contribution >= 4 is 11.5 Å². The quantitative estimate of drug-likeness (QED) is 0.633. The molecule has 0 aliphatic heterocycles. The molecule has 28 heavy (non-hydrogen) atoms. The fraction of sp³-hybridized carbons (Fsp3) is 0.500. The number of benzene rings is 1. The van der Waals surface area contributed by atoms with Crippen LogP contribution in [0.3, 0.4) is 0 Å². The average molecular weight is 397 g/mol. The van der Waals surface area contributed by atoms with Gasteiger partial charge in [0, 0.05) is 25.0 Å². The maximum absolute atomic E-state index is 13.5. The first-order valence-corrected chi connectivity index (χ1v) is 9.04. The van der Waals surface area contributed by atoms with E-state index < -0.39 is 17.3 Å². The lowest BCUT2D eigenvalue weighted by Crippen LogP contribution is -2.26. The van der Waals surface area contributed by atoms with Gasteiger partial charge in [-0.1, -0.05) is 13.0 Å². The summed E-state index contributed by atoms with van der Waals surface area (Å²) in [5, 5.41) is 0. The lowest BCUT2D eigenvalue weighted by atomic mass is 10.2. The van der Waals surface area contributed by atoms with E-state index in [1.54, 1.807) is 45.0 Å². The Kier molecular flexibility index (Phi) is 6.41. The molecule has 0 N–H and O–H groups in total. The second-order valence-electron chi connectivity index (χ2n) is 7.50. The Morgan fingerprint density at radius 2 is 1.86 bits per heavy atom. The van der Waals surface area contributed by atoms with Crippen LogP contribution >= 0.6 is 0 Å². The summed E-state index contributed by atoms with van der Waals surface area (Å²) in [6, 6.07) is 6.75. The summed E-state index contributed by atoms with van der Waals surface area (Å²) in [5.41, 5.74) is -1.07. The zero-order valence-corrected chi connectivity index (χ0v) is 17.0. The van der Waals surface area contributed by atoms with E-state index in [-0.39, 0.29) is 17.9 Å². The maximum atomic E-state index is 13.5. The predicted octanol–water partition coefficient (Wildman–Crippen LogP) is 5.62. The number of aromatic nitrogens is 2. The number of ether oxygens (including phenoxy) is 2. The van der Waals surface area contributed by atoms with Gasteiger partial charge >= 0.3 is 12.2 Å². The summed E-state index contributed by atoms with van der Waals surface area (Å²) in [5.74, 6) is 0.287. The van der Waals surface area contributed by atoms with E-state index in [2.05, 4.69) is 9.97 Å². The summed E-state index contributed by atoms with van der Waals surface area (Å²) in [6.45, 7) is 9.24. The highest BCUT2D eigenvalue weighted by atomic mass is 19.4. The summed E-state index contributed by atoms with van der Waals surface area (Å²) < 4.78 is 51.9. The molecule has 1 unspecified atom stereocenters. The summed E-state index contributed by atoms with van der Waals surface area (Å²) in [6.07, 6.45) is -3.04. The number of nitrogens with zero attached hydrogens (tertiary/aromatic N) is 3. The second-order valence-corrected chi connectivity index (χ2v) is 7.50. The molecule has 1 aromatic carbocycles. The van der Waals surface area contributed by atoms with E-state index in [1.807, 2.05) is 13.8 Å². The molecule has 0 amide bonds. The van der Waals surface area contributed by atoms with E-state index in [0.717, 1.165) is 12.6 Å². The van der Waals surface area contributed by atoms with Crippen LogP contribution in [-0.2, 0) is 6.18 Å². The van der Waals surface area contributed by atoms with Gasteiger partial charge in [0.1, 0.15) is 16.9 Å². The highest BCUT2D eigenvalue weighted by Crippen LogP contribution is 2.38. The van der Waals surface area contributed by atoms with Gasteiger partial charge in [0.05, 0.1) is 6.10 Å². The molecule has 5 nitrogen and oxygen atoms in total. The van der Waals surface area contributed by atoms with E-state index >= 15 is 0 Å². The third-order valence-electron chi connectivity index (χ3n) is 3.88. The molecule has 0 aliphatic carbocycles. The maximum Gasteiger partial charge on any atom is 0.421 e.